The molecule has 50 heavy (non-hydrogen) atoms. The third kappa shape index (κ3) is 11.6. The lowest BCUT2D eigenvalue weighted by atomic mass is 10.1. The third-order valence-electron chi connectivity index (χ3n) is 7.02. The predicted octanol–water partition coefficient (Wildman–Crippen LogP) is 2.85. The Morgan fingerprint density at radius 1 is 0.960 bits per heavy atom. The number of aliphatic hydroxyl groups excluding tert-OH is 1. The fourth-order valence-corrected chi connectivity index (χ4v) is 4.51. The number of ether oxygens (including phenoxy) is 3. The summed E-state index contributed by atoms with van der Waals surface area (Å²) in [5.74, 6) is -2.60. The Morgan fingerprint density at radius 2 is 1.62 bits per heavy atom. The molecule has 19 heteroatoms. The molecule has 1 aliphatic rings. The minimum atomic E-state index is -4.62. The van der Waals surface area contributed by atoms with E-state index < -0.39 is 48.2 Å². The van der Waals surface area contributed by atoms with Gasteiger partial charge in [-0.1, -0.05) is 23.7 Å². The van der Waals surface area contributed by atoms with Crippen LogP contribution < -0.4 is 26.0 Å². The number of nitrogens with one attached hydrogen (secondary N) is 4. The van der Waals surface area contributed by atoms with Gasteiger partial charge in [-0.05, 0) is 54.8 Å². The third-order valence-corrected chi connectivity index (χ3v) is 7.27. The maximum atomic E-state index is 12.9. The maximum absolute atomic E-state index is 12.9. The number of hydrogen-bond donors (Lipinski definition) is 5. The van der Waals surface area contributed by atoms with E-state index >= 15 is 0 Å². The van der Waals surface area contributed by atoms with E-state index in [1.54, 1.807) is 36.4 Å². The van der Waals surface area contributed by atoms with Crippen molar-refractivity contribution in [1.82, 2.24) is 25.2 Å². The van der Waals surface area contributed by atoms with E-state index in [0.717, 1.165) is 23.3 Å². The molecule has 2 aromatic carbocycles. The van der Waals surface area contributed by atoms with E-state index in [9.17, 15) is 27.6 Å². The van der Waals surface area contributed by atoms with Gasteiger partial charge in [0.15, 0.2) is 6.61 Å². The molecule has 5 N–H and O–H groups in total. The van der Waals surface area contributed by atoms with Gasteiger partial charge in [-0.15, -0.1) is 0 Å². The zero-order valence-corrected chi connectivity index (χ0v) is 27.8. The molecule has 15 nitrogen and oxygen atoms in total. The quantitative estimate of drug-likeness (QED) is 0.0778. The Kier molecular flexibility index (Phi) is 13.0. The molecule has 0 spiro atoms. The molecule has 1 aromatic heterocycles. The Labute approximate surface area is 289 Å². The van der Waals surface area contributed by atoms with E-state index in [2.05, 4.69) is 36.2 Å². The number of benzene rings is 2. The van der Waals surface area contributed by atoms with Gasteiger partial charge in [0.2, 0.25) is 11.9 Å². The number of amides is 2. The van der Waals surface area contributed by atoms with Crippen molar-refractivity contribution in [3.63, 3.8) is 0 Å². The van der Waals surface area contributed by atoms with Gasteiger partial charge in [0, 0.05) is 37.0 Å². The molecule has 0 bridgehead atoms. The van der Waals surface area contributed by atoms with Crippen molar-refractivity contribution in [2.75, 3.05) is 69.6 Å². The first kappa shape index (κ1) is 37.9. The highest BCUT2D eigenvalue weighted by molar-refractivity contribution is 6.34. The van der Waals surface area contributed by atoms with Crippen LogP contribution in [0.2, 0.25) is 5.02 Å². The molecule has 1 aliphatic carbocycles. The average molecular weight is 725 g/mol. The van der Waals surface area contributed by atoms with Crippen LogP contribution >= 0.6 is 11.6 Å². The molecule has 3 aromatic rings. The van der Waals surface area contributed by atoms with Crippen molar-refractivity contribution in [2.24, 2.45) is 0 Å². The monoisotopic (exact) mass is 724 g/mol. The summed E-state index contributed by atoms with van der Waals surface area (Å²) >= 11 is 6.03. The Bertz CT molecular complexity index is 1610. The number of halogens is 4. The molecule has 0 saturated heterocycles. The van der Waals surface area contributed by atoms with Crippen molar-refractivity contribution in [3.8, 4) is 6.01 Å². The number of esters is 1. The van der Waals surface area contributed by atoms with Gasteiger partial charge in [-0.25, -0.2) is 4.79 Å². The minimum Gasteiger partial charge on any atom is -0.462 e. The normalized spacial score (nSPS) is 13.8. The molecule has 1 heterocycles. The second-order valence-electron chi connectivity index (χ2n) is 11.2. The summed E-state index contributed by atoms with van der Waals surface area (Å²) in [6.45, 7) is -2.13. The van der Waals surface area contributed by atoms with E-state index in [1.807, 2.05) is 12.1 Å². The number of alkyl halides is 3. The van der Waals surface area contributed by atoms with Crippen LogP contribution in [0.1, 0.15) is 18.4 Å². The van der Waals surface area contributed by atoms with Gasteiger partial charge in [-0.3, -0.25) is 9.59 Å². The predicted molar refractivity (Wildman–Crippen MR) is 175 cm³/mol. The Hall–Kier alpha value is -4.94. The van der Waals surface area contributed by atoms with Crippen LogP contribution in [0.5, 0.6) is 6.01 Å². The summed E-state index contributed by atoms with van der Waals surface area (Å²) in [6.07, 6.45) is -3.18. The van der Waals surface area contributed by atoms with Gasteiger partial charge in [-0.2, -0.15) is 28.1 Å². The van der Waals surface area contributed by atoms with Gasteiger partial charge in [0.25, 0.3) is 0 Å². The van der Waals surface area contributed by atoms with Gasteiger partial charge < -0.3 is 45.5 Å². The summed E-state index contributed by atoms with van der Waals surface area (Å²) in [7, 11) is 2.81. The first-order chi connectivity index (χ1) is 23.8. The van der Waals surface area contributed by atoms with Crippen molar-refractivity contribution in [1.29, 1.82) is 0 Å². The van der Waals surface area contributed by atoms with Crippen molar-refractivity contribution in [3.05, 3.63) is 59.1 Å². The molecular formula is C31H36ClF3N8O7. The number of aromatic nitrogens is 3. The SMILES string of the molecule is CN(C)C(=O)C(=O)NCC(Nc1ccc(Nc2nc(NC3(c4ccc(Cl)cc4)CC3)nc(OCC(F)(F)F)n2)cc1)C(=O)OCCOCCO. The lowest BCUT2D eigenvalue weighted by molar-refractivity contribution is -0.154. The standard InChI is InChI=1S/C31H36ClF3N8O7/c1-43(2)25(46)24(45)36-17-23(26(47)49-16-15-48-14-13-44)37-21-7-9-22(10-8-21)38-27-39-28(41-29(40-27)50-18-31(33,34)35)42-30(11-12-30)19-3-5-20(32)6-4-19/h3-10,23,37,44H,11-18H2,1-2H3,(H,36,45)(H2,38,39,40,41,42). The zero-order chi connectivity index (χ0) is 36.3. The molecule has 1 atom stereocenters. The van der Waals surface area contributed by atoms with Crippen LogP contribution in [0.4, 0.5) is 36.4 Å². The van der Waals surface area contributed by atoms with Crippen LogP contribution in [0.15, 0.2) is 48.5 Å². The van der Waals surface area contributed by atoms with E-state index in [-0.39, 0.29) is 44.9 Å². The molecular weight excluding hydrogens is 689 g/mol. The van der Waals surface area contributed by atoms with Crippen LogP contribution in [0.3, 0.4) is 0 Å². The number of likely N-dealkylation sites (N-methyl/N-ethyl adjacent to an activating group) is 1. The molecule has 0 radical (unpaired) electrons. The summed E-state index contributed by atoms with van der Waals surface area (Å²) < 4.78 is 54.0. The highest BCUT2D eigenvalue weighted by Gasteiger charge is 2.45. The van der Waals surface area contributed by atoms with Crippen molar-refractivity contribution < 1.29 is 46.9 Å². The summed E-state index contributed by atoms with van der Waals surface area (Å²) in [4.78, 5) is 50.5. The fourth-order valence-electron chi connectivity index (χ4n) is 4.39. The molecule has 2 amide bonds. The largest absolute Gasteiger partial charge is 0.462 e. The number of aliphatic hydroxyl groups is 1. The topological polar surface area (TPSA) is 189 Å². The lowest BCUT2D eigenvalue weighted by Gasteiger charge is -2.20. The highest BCUT2D eigenvalue weighted by atomic mass is 35.5. The van der Waals surface area contributed by atoms with E-state index in [4.69, 9.17) is 30.9 Å². The number of carbonyl (C=O) groups is 3. The molecule has 1 unspecified atom stereocenters. The average Bonchev–Trinajstić information content (AvgIpc) is 3.85. The molecule has 1 saturated carbocycles. The van der Waals surface area contributed by atoms with Crippen LogP contribution in [-0.2, 0) is 29.4 Å². The van der Waals surface area contributed by atoms with Crippen molar-refractivity contribution in [2.45, 2.75) is 30.6 Å². The first-order valence-electron chi connectivity index (χ1n) is 15.2. The minimum absolute atomic E-state index is 0.0108. The molecule has 4 rings (SSSR count). The number of hydrogen-bond acceptors (Lipinski definition) is 13. The number of rotatable bonds is 17. The van der Waals surface area contributed by atoms with Gasteiger partial charge in [0.05, 0.1) is 25.4 Å². The molecule has 1 fully saturated rings. The van der Waals surface area contributed by atoms with E-state index in [0.29, 0.717) is 16.4 Å². The first-order valence-corrected chi connectivity index (χ1v) is 15.6. The maximum Gasteiger partial charge on any atom is 0.422 e. The second kappa shape index (κ2) is 17.1. The summed E-state index contributed by atoms with van der Waals surface area (Å²) in [6, 6.07) is 11.8. The molecule has 0 aliphatic heterocycles. The molecule has 270 valence electrons. The highest BCUT2D eigenvalue weighted by Crippen LogP contribution is 2.48. The van der Waals surface area contributed by atoms with E-state index in [1.165, 1.54) is 14.1 Å². The van der Waals surface area contributed by atoms with Gasteiger partial charge >= 0.3 is 30.0 Å². The zero-order valence-electron chi connectivity index (χ0n) is 27.1. The van der Waals surface area contributed by atoms with Crippen LogP contribution in [0, 0.1) is 0 Å². The van der Waals surface area contributed by atoms with Crippen molar-refractivity contribution >= 4 is 52.7 Å². The Balaban J connectivity index is 1.47. The summed E-state index contributed by atoms with van der Waals surface area (Å²) in [5, 5.41) is 20.8. The fraction of sp³-hybridized carbons (Fsp3) is 0.419. The Morgan fingerprint density at radius 3 is 2.24 bits per heavy atom. The lowest BCUT2D eigenvalue weighted by Crippen LogP contribution is -2.47. The smallest absolute Gasteiger partial charge is 0.422 e. The van der Waals surface area contributed by atoms with Gasteiger partial charge in [0.1, 0.15) is 12.6 Å². The van der Waals surface area contributed by atoms with Crippen LogP contribution in [0.25, 0.3) is 0 Å². The summed E-state index contributed by atoms with van der Waals surface area (Å²) in [5.41, 5.74) is 1.19. The second-order valence-corrected chi connectivity index (χ2v) is 11.6. The number of anilines is 4. The number of nitrogens with zero attached hydrogens (tertiary/aromatic N) is 4. The van der Waals surface area contributed by atoms with Crippen LogP contribution in [-0.4, -0.2) is 109 Å². The number of carbonyl (C=O) groups excluding carboxylic acids is 3.